The lowest BCUT2D eigenvalue weighted by molar-refractivity contribution is 0.255. The lowest BCUT2D eigenvalue weighted by Crippen LogP contribution is -2.34. The first-order valence-electron chi connectivity index (χ1n) is 12.8. The Kier molecular flexibility index (Phi) is 10.4. The van der Waals surface area contributed by atoms with Crippen molar-refractivity contribution in [3.05, 3.63) is 106 Å². The fourth-order valence-corrected chi connectivity index (χ4v) is 6.85. The first kappa shape index (κ1) is 33.4. The number of halogens is 2. The van der Waals surface area contributed by atoms with Gasteiger partial charge in [-0.25, -0.2) is 35.9 Å². The number of rotatable bonds is 10. The van der Waals surface area contributed by atoms with Crippen LogP contribution < -0.4 is 29.6 Å². The van der Waals surface area contributed by atoms with E-state index in [1.54, 1.807) is 48.5 Å². The molecule has 0 saturated carbocycles. The molecule has 0 aliphatic heterocycles. The maximum atomic E-state index is 12.6. The first-order chi connectivity index (χ1) is 21.3. The van der Waals surface area contributed by atoms with Crippen molar-refractivity contribution in [1.29, 1.82) is 0 Å². The summed E-state index contributed by atoms with van der Waals surface area (Å²) in [6, 6.07) is 19.4. The van der Waals surface area contributed by atoms with E-state index in [-0.39, 0.29) is 19.8 Å². The van der Waals surface area contributed by atoms with Gasteiger partial charge in [0.1, 0.15) is 21.3 Å². The second-order valence-corrected chi connectivity index (χ2v) is 13.4. The summed E-state index contributed by atoms with van der Waals surface area (Å²) < 4.78 is 64.2. The smallest absolute Gasteiger partial charge is 0.333 e. The minimum Gasteiger partial charge on any atom is -0.497 e. The van der Waals surface area contributed by atoms with Gasteiger partial charge in [0.25, 0.3) is 20.0 Å². The minimum absolute atomic E-state index is 0.103. The molecule has 0 aliphatic rings. The molecule has 45 heavy (non-hydrogen) atoms. The average molecular weight is 694 g/mol. The maximum absolute atomic E-state index is 12.6. The van der Waals surface area contributed by atoms with Crippen LogP contribution in [0.3, 0.4) is 0 Å². The maximum Gasteiger partial charge on any atom is 0.333 e. The zero-order valence-corrected chi connectivity index (χ0v) is 26.8. The number of amides is 4. The van der Waals surface area contributed by atoms with Crippen LogP contribution in [-0.4, -0.2) is 43.1 Å². The Balaban J connectivity index is 1.30. The molecule has 4 aromatic rings. The average Bonchev–Trinajstić information content (AvgIpc) is 2.98. The molecule has 4 N–H and O–H groups in total. The Morgan fingerprint density at radius 3 is 1.27 bits per heavy atom. The third kappa shape index (κ3) is 8.79. The number of nitrogens with one attached hydrogen (secondary N) is 4. The first-order valence-corrected chi connectivity index (χ1v) is 16.5. The van der Waals surface area contributed by atoms with E-state index >= 15 is 0 Å². The predicted molar refractivity (Wildman–Crippen MR) is 170 cm³/mol. The van der Waals surface area contributed by atoms with Crippen LogP contribution in [0.25, 0.3) is 0 Å². The van der Waals surface area contributed by atoms with Crippen LogP contribution in [0, 0.1) is 0 Å². The third-order valence-electron chi connectivity index (χ3n) is 6.14. The van der Waals surface area contributed by atoms with Crippen LogP contribution in [0.2, 0.25) is 10.0 Å². The van der Waals surface area contributed by atoms with Crippen molar-refractivity contribution >= 4 is 66.7 Å². The van der Waals surface area contributed by atoms with E-state index in [4.69, 9.17) is 32.7 Å². The Morgan fingerprint density at radius 1 is 0.600 bits per heavy atom. The minimum atomic E-state index is -4.24. The van der Waals surface area contributed by atoms with Gasteiger partial charge >= 0.3 is 12.1 Å². The van der Waals surface area contributed by atoms with Gasteiger partial charge in [-0.05, 0) is 66.1 Å². The molecule has 0 aromatic heterocycles. The summed E-state index contributed by atoms with van der Waals surface area (Å²) in [6.45, 7) is 0. The van der Waals surface area contributed by atoms with Crippen molar-refractivity contribution < 1.29 is 35.9 Å². The largest absolute Gasteiger partial charge is 0.497 e. The van der Waals surface area contributed by atoms with Gasteiger partial charge in [0.2, 0.25) is 0 Å². The second kappa shape index (κ2) is 14.1. The Morgan fingerprint density at radius 2 is 0.956 bits per heavy atom. The van der Waals surface area contributed by atoms with Crippen LogP contribution in [-0.2, 0) is 26.5 Å². The number of carbonyl (C=O) groups is 2. The summed E-state index contributed by atoms with van der Waals surface area (Å²) in [7, 11) is -5.66. The molecule has 0 spiro atoms. The highest BCUT2D eigenvalue weighted by Gasteiger charge is 2.22. The van der Waals surface area contributed by atoms with Crippen LogP contribution in [0.5, 0.6) is 11.5 Å². The van der Waals surface area contributed by atoms with Crippen LogP contribution in [0.15, 0.2) is 94.7 Å². The molecular weight excluding hydrogens is 667 g/mol. The number of methoxy groups -OCH3 is 2. The van der Waals surface area contributed by atoms with Crippen LogP contribution in [0.1, 0.15) is 11.1 Å². The predicted octanol–water partition coefficient (Wildman–Crippen LogP) is 5.62. The number of urea groups is 2. The summed E-state index contributed by atoms with van der Waals surface area (Å²) in [6.07, 6.45) is 0.494. The van der Waals surface area contributed by atoms with E-state index in [1.807, 2.05) is 9.44 Å². The molecule has 4 amide bonds. The number of anilines is 2. The molecule has 12 nitrogen and oxygen atoms in total. The molecule has 0 radical (unpaired) electrons. The van der Waals surface area contributed by atoms with E-state index in [9.17, 15) is 26.4 Å². The summed E-state index contributed by atoms with van der Waals surface area (Å²) in [5, 5.41) is 4.72. The van der Waals surface area contributed by atoms with Crippen molar-refractivity contribution in [2.75, 3.05) is 24.9 Å². The van der Waals surface area contributed by atoms with E-state index in [0.29, 0.717) is 29.3 Å². The molecule has 0 bridgehead atoms. The molecule has 4 aromatic carbocycles. The van der Waals surface area contributed by atoms with Gasteiger partial charge in [0, 0.05) is 23.5 Å². The number of carbonyl (C=O) groups excluding carboxylic acids is 2. The van der Waals surface area contributed by atoms with Gasteiger partial charge in [-0.15, -0.1) is 0 Å². The van der Waals surface area contributed by atoms with E-state index in [0.717, 1.165) is 11.1 Å². The highest BCUT2D eigenvalue weighted by molar-refractivity contribution is 7.90. The monoisotopic (exact) mass is 692 g/mol. The van der Waals surface area contributed by atoms with Crippen molar-refractivity contribution in [1.82, 2.24) is 9.44 Å². The molecule has 236 valence electrons. The Labute approximate surface area is 269 Å². The fourth-order valence-electron chi connectivity index (χ4n) is 3.97. The fraction of sp³-hybridized carbons (Fsp3) is 0.103. The van der Waals surface area contributed by atoms with Gasteiger partial charge in [-0.3, -0.25) is 0 Å². The standard InChI is InChI=1S/C29H26Cl2N4O8S2/c1-42-22-11-13-26(24(30)16-22)44(38,39)34-28(36)32-20-7-3-18(4-8-20)15-19-5-9-21(10-6-19)33-29(37)35-45(40,41)27-14-12-23(43-2)17-25(27)31/h3-14,16-17H,15H2,1-2H3,(H2,32,34,36)(H2,33,35,37). The van der Waals surface area contributed by atoms with Gasteiger partial charge in [-0.2, -0.15) is 0 Å². The number of ether oxygens (including phenoxy) is 2. The number of sulfonamides is 2. The van der Waals surface area contributed by atoms with Gasteiger partial charge < -0.3 is 20.1 Å². The Bertz CT molecular complexity index is 1800. The van der Waals surface area contributed by atoms with E-state index < -0.39 is 32.1 Å². The topological polar surface area (TPSA) is 169 Å². The van der Waals surface area contributed by atoms with Gasteiger partial charge in [-0.1, -0.05) is 47.5 Å². The van der Waals surface area contributed by atoms with Gasteiger partial charge in [0.15, 0.2) is 0 Å². The van der Waals surface area contributed by atoms with Crippen molar-refractivity contribution in [2.45, 2.75) is 16.2 Å². The molecule has 0 unspecified atom stereocenters. The SMILES string of the molecule is COc1ccc(S(=O)(=O)NC(=O)Nc2ccc(Cc3ccc(NC(=O)NS(=O)(=O)c4ccc(OC)cc4Cl)cc3)cc2)c(Cl)c1. The summed E-state index contributed by atoms with van der Waals surface area (Å²) in [5.74, 6) is 0.729. The molecule has 16 heteroatoms. The van der Waals surface area contributed by atoms with Crippen molar-refractivity contribution in [3.8, 4) is 11.5 Å². The van der Waals surface area contributed by atoms with E-state index in [1.165, 1.54) is 50.6 Å². The lowest BCUT2D eigenvalue weighted by Gasteiger charge is -2.11. The second-order valence-electron chi connectivity index (χ2n) is 9.28. The molecule has 0 atom stereocenters. The summed E-state index contributed by atoms with van der Waals surface area (Å²) in [5.41, 5.74) is 2.45. The van der Waals surface area contributed by atoms with Crippen molar-refractivity contribution in [3.63, 3.8) is 0 Å². The highest BCUT2D eigenvalue weighted by Crippen LogP contribution is 2.27. The summed E-state index contributed by atoms with van der Waals surface area (Å²) in [4.78, 5) is 24.2. The van der Waals surface area contributed by atoms with Crippen LogP contribution >= 0.6 is 23.2 Å². The highest BCUT2D eigenvalue weighted by atomic mass is 35.5. The zero-order chi connectivity index (χ0) is 32.8. The number of benzene rings is 4. The molecule has 0 heterocycles. The third-order valence-corrected chi connectivity index (χ3v) is 9.77. The molecular formula is C29H26Cl2N4O8S2. The quantitative estimate of drug-likeness (QED) is 0.166. The molecule has 4 rings (SSSR count). The Hall–Kier alpha value is -4.50. The summed E-state index contributed by atoms with van der Waals surface area (Å²) >= 11 is 12.1. The van der Waals surface area contributed by atoms with Crippen molar-refractivity contribution in [2.24, 2.45) is 0 Å². The molecule has 0 saturated heterocycles. The zero-order valence-electron chi connectivity index (χ0n) is 23.6. The van der Waals surface area contributed by atoms with Gasteiger partial charge in [0.05, 0.1) is 24.3 Å². The van der Waals surface area contributed by atoms with Crippen LogP contribution in [0.4, 0.5) is 21.0 Å². The molecule has 0 fully saturated rings. The molecule has 0 aliphatic carbocycles. The number of hydrogen-bond acceptors (Lipinski definition) is 8. The normalized spacial score (nSPS) is 11.3. The van der Waals surface area contributed by atoms with E-state index in [2.05, 4.69) is 10.6 Å². The number of hydrogen-bond donors (Lipinski definition) is 4. The lowest BCUT2D eigenvalue weighted by atomic mass is 10.0.